The minimum Gasteiger partial charge on any atom is -1.00 e. The number of alkyl halides is 3. The van der Waals surface area contributed by atoms with Crippen molar-refractivity contribution in [2.45, 2.75) is 409 Å². The van der Waals surface area contributed by atoms with Crippen LogP contribution in [0.4, 0.5) is 4.79 Å². The van der Waals surface area contributed by atoms with E-state index in [1.807, 2.05) is 39.0 Å². The van der Waals surface area contributed by atoms with Gasteiger partial charge < -0.3 is 60.9 Å². The summed E-state index contributed by atoms with van der Waals surface area (Å²) < 4.78 is 43.8. The van der Waals surface area contributed by atoms with E-state index in [9.17, 15) is 28.5 Å². The second-order valence-electron chi connectivity index (χ2n) is 49.0. The molecule has 0 spiro atoms. The zero-order chi connectivity index (χ0) is 99.7. The number of aliphatic hydroxyl groups excluding tert-OH is 1. The second-order valence-corrected chi connectivity index (χ2v) is 53.3. The van der Waals surface area contributed by atoms with Gasteiger partial charge in [0.2, 0.25) is 0 Å². The number of allylic oxidation sites excluding steroid dienone is 2. The van der Waals surface area contributed by atoms with Crippen LogP contribution in [0.3, 0.4) is 0 Å². The molecule has 8 aliphatic rings. The molecule has 1 aliphatic heterocycles. The maximum absolute atomic E-state index is 12.0. The molecule has 7 saturated carbocycles. The topological polar surface area (TPSA) is 249 Å². The fourth-order valence-electron chi connectivity index (χ4n) is 24.8. The molecule has 7 aliphatic carbocycles. The number of carbonyl (C=O) groups is 5. The first-order valence-electron chi connectivity index (χ1n) is 47.4. The molecular formula is C105H200AlCl5LiN4O14P. The summed E-state index contributed by atoms with van der Waals surface area (Å²) >= 11 is 16.9. The van der Waals surface area contributed by atoms with Crippen LogP contribution in [0.25, 0.3) is 0 Å². The second kappa shape index (κ2) is 58.7. The first-order chi connectivity index (χ1) is 57.3. The number of aliphatic hydroxyl groups is 1. The number of ether oxygens (including phenoxy) is 5. The maximum Gasteiger partial charge on any atom is 1.00 e. The predicted octanol–water partition coefficient (Wildman–Crippen LogP) is 24.7. The molecule has 26 heteroatoms. The summed E-state index contributed by atoms with van der Waals surface area (Å²) in [6.07, 6.45) is 35.5. The number of carbonyl (C=O) groups excluding carboxylic acids is 5. The van der Waals surface area contributed by atoms with Crippen LogP contribution in [0.2, 0.25) is 0 Å². The van der Waals surface area contributed by atoms with Crippen molar-refractivity contribution in [3.63, 3.8) is 0 Å². The van der Waals surface area contributed by atoms with Gasteiger partial charge in [0.15, 0.2) is 17.4 Å². The summed E-state index contributed by atoms with van der Waals surface area (Å²) in [5.74, 6) is -0.902. The fourth-order valence-corrected chi connectivity index (χ4v) is 26.4. The van der Waals surface area contributed by atoms with Gasteiger partial charge in [-0.15, -0.1) is 51.1 Å². The molecule has 0 atom stereocenters. The molecule has 2 amide bonds. The van der Waals surface area contributed by atoms with Crippen molar-refractivity contribution in [3.05, 3.63) is 73.9 Å². The van der Waals surface area contributed by atoms with E-state index in [1.165, 1.54) is 76.0 Å². The average Bonchev–Trinajstić information content (AvgIpc) is 0.777. The van der Waals surface area contributed by atoms with E-state index >= 15 is 0 Å². The Labute approximate surface area is 854 Å². The Balaban J connectivity index is -0.000000266. The molecule has 18 nitrogen and oxygen atoms in total. The Kier molecular flexibility index (Phi) is 62.7. The molecule has 1 saturated heterocycles. The average molecular weight is 1980 g/mol. The molecule has 131 heavy (non-hydrogen) atoms. The van der Waals surface area contributed by atoms with Gasteiger partial charge in [-0.3, -0.25) is 18.9 Å². The van der Waals surface area contributed by atoms with Gasteiger partial charge in [0.25, 0.3) is 9.70 Å². The number of Topliss-reactive ketones (excluding diaryl/α,β-unsaturated/α-hetero) is 1. The SMILES string of the molecule is C1CCOC1.C=CC1(N)CC(C)(C)CC(C)(C)C1.C=CC1(NC(=O)C(Cl)(Cl)Cl)CC(C)(C)CC(C)(C)C1.C=CC1(NC(=O)OC)CC(C)(C)CC(C)(C)C1.C=CC1(NC)CC(C)(C)CC(C)(C)C1.CC1(C)CC(=CCO)CC(C)(C)C1.CC1(C)CC(=O)CC(C)(C)C1.CCOC(=O)C=C1CC(C)(C)CC(C)(C)C1.CCOC(=O)CP(=O)(OCC)OCC.CCOCC.Cl.Cl.[AlH3].[H-].[Li+]. The third kappa shape index (κ3) is 60.3. The van der Waals surface area contributed by atoms with Gasteiger partial charge in [-0.2, -0.15) is 0 Å². The molecule has 0 bridgehead atoms. The number of esters is 2. The third-order valence-electron chi connectivity index (χ3n) is 24.0. The van der Waals surface area contributed by atoms with Crippen LogP contribution in [0, 0.1) is 75.8 Å². The van der Waals surface area contributed by atoms with Gasteiger partial charge in [-0.05, 0) is 259 Å². The largest absolute Gasteiger partial charge is 1.00 e. The van der Waals surface area contributed by atoms with Gasteiger partial charge in [-0.25, -0.2) is 9.59 Å². The Morgan fingerprint density at radius 3 is 1.00 bits per heavy atom. The molecule has 0 aromatic rings. The molecule has 0 unspecified atom stereocenters. The number of halogens is 5. The molecule has 6 N–H and O–H groups in total. The van der Waals surface area contributed by atoms with Gasteiger partial charge >= 0.3 is 44.5 Å². The molecular weight excluding hydrogens is 1780 g/mol. The van der Waals surface area contributed by atoms with Gasteiger partial charge in [-0.1, -0.05) is 270 Å². The summed E-state index contributed by atoms with van der Waals surface area (Å²) in [6, 6.07) is 0. The molecule has 1 heterocycles. The summed E-state index contributed by atoms with van der Waals surface area (Å²) in [5.41, 5.74) is 12.1. The van der Waals surface area contributed by atoms with Crippen molar-refractivity contribution >= 4 is 114 Å². The maximum atomic E-state index is 12.0. The molecule has 0 aromatic carbocycles. The molecule has 768 valence electrons. The van der Waals surface area contributed by atoms with Crippen molar-refractivity contribution in [2.75, 3.05) is 79.8 Å². The van der Waals surface area contributed by atoms with Crippen LogP contribution in [0.15, 0.2) is 73.9 Å². The zero-order valence-electron chi connectivity index (χ0n) is 90.9. The number of nitrogens with two attached hydrogens (primary N) is 1. The van der Waals surface area contributed by atoms with Crippen molar-refractivity contribution < 1.29 is 86.7 Å². The number of hydrogen-bond donors (Lipinski definition) is 5. The quantitative estimate of drug-likeness (QED) is 0.0153. The number of alkyl carbamates (subject to hydrolysis) is 1. The van der Waals surface area contributed by atoms with E-state index in [1.54, 1.807) is 32.9 Å². The van der Waals surface area contributed by atoms with E-state index in [2.05, 4.69) is 254 Å². The van der Waals surface area contributed by atoms with Crippen molar-refractivity contribution in [1.82, 2.24) is 16.0 Å². The van der Waals surface area contributed by atoms with Gasteiger partial charge in [0.1, 0.15) is 11.9 Å². The van der Waals surface area contributed by atoms with Crippen molar-refractivity contribution in [3.8, 4) is 0 Å². The van der Waals surface area contributed by atoms with E-state index < -0.39 is 28.8 Å². The van der Waals surface area contributed by atoms with Crippen LogP contribution in [-0.2, 0) is 56.5 Å². The normalized spacial score (nSPS) is 22.9. The molecule has 0 aromatic heterocycles. The first kappa shape index (κ1) is 140. The fraction of sp³-hybridized carbons (Fsp3) is 0.838. The number of amides is 2. The van der Waals surface area contributed by atoms with Crippen LogP contribution < -0.4 is 40.5 Å². The monoisotopic (exact) mass is 1980 g/mol. The molecule has 0 radical (unpaired) electrons. The Hall–Kier alpha value is -1.68. The molecule has 8 fully saturated rings. The van der Waals surface area contributed by atoms with Gasteiger partial charge in [0.05, 0.1) is 51.2 Å². The number of methoxy groups -OCH3 is 1. The first-order valence-corrected chi connectivity index (χ1v) is 50.3. The minimum absolute atomic E-state index is 0. The summed E-state index contributed by atoms with van der Waals surface area (Å²) in [4.78, 5) is 57.2. The molecule has 8 rings (SSSR count). The zero-order valence-corrected chi connectivity index (χ0v) is 94.7. The van der Waals surface area contributed by atoms with E-state index in [4.69, 9.17) is 73.6 Å². The number of nitrogens with one attached hydrogen (secondary N) is 3. The number of ketones is 1. The summed E-state index contributed by atoms with van der Waals surface area (Å²) in [7, 11) is 0.169. The summed E-state index contributed by atoms with van der Waals surface area (Å²) in [6.45, 7) is 95.1. The van der Waals surface area contributed by atoms with Gasteiger partial charge in [0, 0.05) is 56.4 Å². The third-order valence-corrected chi connectivity index (χ3v) is 26.5. The Bertz CT molecular complexity index is 3410. The van der Waals surface area contributed by atoms with Crippen molar-refractivity contribution in [1.29, 1.82) is 0 Å². The Morgan fingerprint density at radius 2 is 0.756 bits per heavy atom. The van der Waals surface area contributed by atoms with Crippen LogP contribution >= 0.6 is 67.2 Å². The number of likely N-dealkylation sites (N-methyl/N-ethyl adjacent to an activating group) is 1. The minimum atomic E-state index is -3.28. The number of rotatable bonds is 19. The summed E-state index contributed by atoms with van der Waals surface area (Å²) in [5, 5.41) is 18.2. The standard InChI is InChI=1S/C14H22Cl3NO.C14H25NO2.C14H24O2.C13H25N.C12H23N.C12H22O.C10H18O.C8H17O5P.C4H8O.C4H10O.Al.2ClH.Li.4H/c1-6-13(18-10(19)14(15,16)17)8-11(2,3)7-12(4,5)9-13;1-7-14(15-11(16)17-6)9-12(2,3)8-13(4,5)10-14;1-6-16-12(15)7-11-8-13(2,3)10-14(4,5)9-11;1-7-13(14-6)9-11(2,3)8-12(4,5)10-13;1-6-12(13)8-10(2,3)7-11(4,5)9-12;1-11(2)7-10(5-6-13)8-12(3,4)9-11;1-9(2)5-8(11)6-10(3,4)7-9;1-4-11-8(9)7-14(10,12-5-2)13-6-3;1-2-4-5-3-1;1-3-5-4-2;;;;;;;;/h6H,1,7-9H2,2-5H3,(H,18,19);7H,1,8-10H2,2-6H3,(H,15,16);7H,6,8-10H2,1-5H3;7,14H,1,8-10H2,2-6H3;6H,1,7-9,13H2,2-5H3;5,13H,6-9H2,1-4H3;5-7H2,1-4H3;4-7H2,1-3H3;1-4H2;3-4H2,1-2H3;;2*1H;;;;;/q;;;;;;;;;;;;;+1;;;;-1. The number of hydrogen-bond acceptors (Lipinski definition) is 16. The smallest absolute Gasteiger partial charge is 1.00 e. The van der Waals surface area contributed by atoms with E-state index in [0.29, 0.717) is 55.7 Å². The van der Waals surface area contributed by atoms with Crippen molar-refractivity contribution in [2.24, 2.45) is 81.5 Å². The predicted molar refractivity (Wildman–Crippen MR) is 564 cm³/mol. The van der Waals surface area contributed by atoms with Crippen LogP contribution in [-0.4, -0.2) is 158 Å². The van der Waals surface area contributed by atoms with E-state index in [-0.39, 0.29) is 156 Å². The van der Waals surface area contributed by atoms with Crippen LogP contribution in [0.5, 0.6) is 0 Å². The van der Waals surface area contributed by atoms with E-state index in [0.717, 1.165) is 116 Å². The Morgan fingerprint density at radius 1 is 0.458 bits per heavy atom. The van der Waals surface area contributed by atoms with Crippen LogP contribution in [0.1, 0.15) is 385 Å².